The average molecular weight is 257 g/mol. The molecule has 0 saturated heterocycles. The Morgan fingerprint density at radius 3 is 2.17 bits per heavy atom. The number of likely N-dealkylation sites (N-methyl/N-ethyl adjacent to an activating group) is 1. The number of primary amides is 1. The Bertz CT molecular complexity index is 320. The summed E-state index contributed by atoms with van der Waals surface area (Å²) in [7, 11) is 1.84. The normalized spacial score (nSPS) is 12.4. The number of rotatable bonds is 4. The first-order valence-corrected chi connectivity index (χ1v) is 5.41. The summed E-state index contributed by atoms with van der Waals surface area (Å²) in [5.41, 5.74) is 10.2. The number of amides is 1. The molecule has 6 heteroatoms. The van der Waals surface area contributed by atoms with Crippen LogP contribution < -0.4 is 16.8 Å². The second kappa shape index (κ2) is 10.7. The van der Waals surface area contributed by atoms with Gasteiger partial charge in [0.05, 0.1) is 12.6 Å². The van der Waals surface area contributed by atoms with Crippen LogP contribution in [0.5, 0.6) is 0 Å². The Morgan fingerprint density at radius 1 is 1.39 bits per heavy atom. The lowest BCUT2D eigenvalue weighted by Crippen LogP contribution is -2.28. The van der Waals surface area contributed by atoms with Gasteiger partial charge in [-0.05, 0) is 19.5 Å². The van der Waals surface area contributed by atoms with E-state index in [4.69, 9.17) is 5.73 Å². The van der Waals surface area contributed by atoms with Crippen LogP contribution in [0.3, 0.4) is 0 Å². The summed E-state index contributed by atoms with van der Waals surface area (Å²) >= 11 is 0. The fourth-order valence-electron chi connectivity index (χ4n) is 1.10. The molecule has 1 rings (SSSR count). The van der Waals surface area contributed by atoms with Gasteiger partial charge in [-0.25, -0.2) is 0 Å². The van der Waals surface area contributed by atoms with Crippen LogP contribution in [0.2, 0.25) is 0 Å². The highest BCUT2D eigenvalue weighted by Crippen LogP contribution is 2.15. The van der Waals surface area contributed by atoms with Crippen molar-refractivity contribution in [2.24, 2.45) is 11.5 Å². The van der Waals surface area contributed by atoms with Gasteiger partial charge in [0.25, 0.3) is 0 Å². The minimum Gasteiger partial charge on any atom is -0.412 e. The summed E-state index contributed by atoms with van der Waals surface area (Å²) in [6, 6.07) is 9.76. The maximum absolute atomic E-state index is 9.73. The molecule has 0 fully saturated rings. The molecule has 8 N–H and O–H groups in total. The van der Waals surface area contributed by atoms with Gasteiger partial charge in [-0.2, -0.15) is 0 Å². The maximum Gasteiger partial charge on any atom is 0.231 e. The summed E-state index contributed by atoms with van der Waals surface area (Å²) in [6.45, 7) is 1.90. The molecule has 0 saturated carbocycles. The van der Waals surface area contributed by atoms with Crippen molar-refractivity contribution < 1.29 is 15.4 Å². The molecule has 0 radical (unpaired) electrons. The SMILES string of the molecule is CN[C@@H](C)[C@@H](O)c1ccccc1.NCC(N)=O.O. The van der Waals surface area contributed by atoms with E-state index < -0.39 is 12.0 Å². The van der Waals surface area contributed by atoms with E-state index in [1.54, 1.807) is 0 Å². The van der Waals surface area contributed by atoms with Gasteiger partial charge < -0.3 is 27.4 Å². The van der Waals surface area contributed by atoms with Gasteiger partial charge in [-0.1, -0.05) is 30.3 Å². The summed E-state index contributed by atoms with van der Waals surface area (Å²) in [5, 5.41) is 12.7. The highest BCUT2D eigenvalue weighted by atomic mass is 16.3. The lowest BCUT2D eigenvalue weighted by Gasteiger charge is -2.17. The maximum atomic E-state index is 9.73. The number of benzene rings is 1. The molecule has 2 atom stereocenters. The number of hydrogen-bond donors (Lipinski definition) is 4. The molecule has 0 heterocycles. The minimum absolute atomic E-state index is 0. The average Bonchev–Trinajstić information content (AvgIpc) is 2.38. The minimum atomic E-state index is -0.468. The second-order valence-electron chi connectivity index (χ2n) is 3.60. The fraction of sp³-hybridized carbons (Fsp3) is 0.417. The van der Waals surface area contributed by atoms with E-state index in [0.29, 0.717) is 0 Å². The molecule has 104 valence electrons. The van der Waals surface area contributed by atoms with Crippen molar-refractivity contribution in [1.29, 1.82) is 0 Å². The van der Waals surface area contributed by atoms with Crippen molar-refractivity contribution in [2.75, 3.05) is 13.6 Å². The number of aliphatic hydroxyl groups excluding tert-OH is 1. The van der Waals surface area contributed by atoms with Crippen LogP contribution in [0.4, 0.5) is 0 Å². The highest BCUT2D eigenvalue weighted by molar-refractivity contribution is 5.75. The Morgan fingerprint density at radius 2 is 1.83 bits per heavy atom. The van der Waals surface area contributed by atoms with Crippen molar-refractivity contribution >= 4 is 5.91 Å². The van der Waals surface area contributed by atoms with E-state index in [2.05, 4.69) is 11.1 Å². The molecule has 6 nitrogen and oxygen atoms in total. The molecule has 0 aliphatic heterocycles. The second-order valence-corrected chi connectivity index (χ2v) is 3.60. The number of hydrogen-bond acceptors (Lipinski definition) is 4. The van der Waals surface area contributed by atoms with E-state index >= 15 is 0 Å². The van der Waals surface area contributed by atoms with E-state index in [1.807, 2.05) is 44.3 Å². The topological polar surface area (TPSA) is 133 Å². The van der Waals surface area contributed by atoms with Crippen LogP contribution in [-0.2, 0) is 4.79 Å². The molecule has 0 unspecified atom stereocenters. The van der Waals surface area contributed by atoms with E-state index in [9.17, 15) is 9.90 Å². The zero-order valence-corrected chi connectivity index (χ0v) is 10.8. The molecule has 0 bridgehead atoms. The first-order valence-electron chi connectivity index (χ1n) is 5.41. The largest absolute Gasteiger partial charge is 0.412 e. The molecule has 1 amide bonds. The van der Waals surface area contributed by atoms with Gasteiger partial charge >= 0.3 is 0 Å². The smallest absolute Gasteiger partial charge is 0.231 e. The Hall–Kier alpha value is -1.47. The number of nitrogens with one attached hydrogen (secondary N) is 1. The zero-order valence-electron chi connectivity index (χ0n) is 10.8. The van der Waals surface area contributed by atoms with Crippen molar-refractivity contribution in [1.82, 2.24) is 5.32 Å². The van der Waals surface area contributed by atoms with Crippen LogP contribution >= 0.6 is 0 Å². The summed E-state index contributed by atoms with van der Waals surface area (Å²) in [5.74, 6) is -0.468. The Kier molecular flexibility index (Phi) is 11.2. The third-order valence-corrected chi connectivity index (χ3v) is 2.27. The van der Waals surface area contributed by atoms with E-state index in [0.717, 1.165) is 5.56 Å². The lowest BCUT2D eigenvalue weighted by molar-refractivity contribution is -0.116. The van der Waals surface area contributed by atoms with Crippen molar-refractivity contribution in [3.63, 3.8) is 0 Å². The van der Waals surface area contributed by atoms with Gasteiger partial charge in [0.1, 0.15) is 0 Å². The molecule has 0 aliphatic carbocycles. The van der Waals surface area contributed by atoms with E-state index in [1.165, 1.54) is 0 Å². The molecular weight excluding hydrogens is 234 g/mol. The van der Waals surface area contributed by atoms with Gasteiger partial charge in [0, 0.05) is 6.04 Å². The molecule has 0 aliphatic rings. The van der Waals surface area contributed by atoms with Crippen LogP contribution in [0.25, 0.3) is 0 Å². The third-order valence-electron chi connectivity index (χ3n) is 2.27. The molecule has 0 aromatic heterocycles. The van der Waals surface area contributed by atoms with Crippen molar-refractivity contribution in [3.05, 3.63) is 35.9 Å². The van der Waals surface area contributed by atoms with Crippen LogP contribution in [0, 0.1) is 0 Å². The molecule has 0 spiro atoms. The molecule has 18 heavy (non-hydrogen) atoms. The lowest BCUT2D eigenvalue weighted by atomic mass is 10.0. The predicted octanol–water partition coefficient (Wildman–Crippen LogP) is -1.07. The fourth-order valence-corrected chi connectivity index (χ4v) is 1.10. The van der Waals surface area contributed by atoms with Gasteiger partial charge in [0.15, 0.2) is 0 Å². The number of carbonyl (C=O) groups is 1. The number of carbonyl (C=O) groups excluding carboxylic acids is 1. The zero-order chi connectivity index (χ0) is 13.3. The summed E-state index contributed by atoms with van der Waals surface area (Å²) < 4.78 is 0. The first-order chi connectivity index (χ1) is 8.02. The summed E-state index contributed by atoms with van der Waals surface area (Å²) in [4.78, 5) is 9.47. The van der Waals surface area contributed by atoms with Gasteiger partial charge in [-0.3, -0.25) is 4.79 Å². The van der Waals surface area contributed by atoms with Crippen LogP contribution in [0.15, 0.2) is 30.3 Å². The Balaban J connectivity index is 0. The first kappa shape index (κ1) is 18.9. The number of aliphatic hydroxyl groups is 1. The highest BCUT2D eigenvalue weighted by Gasteiger charge is 2.12. The summed E-state index contributed by atoms with van der Waals surface area (Å²) in [6.07, 6.45) is -0.420. The van der Waals surface area contributed by atoms with Crippen molar-refractivity contribution in [3.8, 4) is 0 Å². The van der Waals surface area contributed by atoms with Crippen LogP contribution in [-0.4, -0.2) is 36.1 Å². The number of nitrogens with two attached hydrogens (primary N) is 2. The molecule has 1 aromatic carbocycles. The Labute approximate surface area is 107 Å². The van der Waals surface area contributed by atoms with Gasteiger partial charge in [-0.15, -0.1) is 0 Å². The van der Waals surface area contributed by atoms with E-state index in [-0.39, 0.29) is 18.1 Å². The van der Waals surface area contributed by atoms with Gasteiger partial charge in [0.2, 0.25) is 5.91 Å². The molecular formula is C12H23N3O3. The van der Waals surface area contributed by atoms with Crippen LogP contribution in [0.1, 0.15) is 18.6 Å². The third kappa shape index (κ3) is 7.75. The van der Waals surface area contributed by atoms with Crippen molar-refractivity contribution in [2.45, 2.75) is 19.1 Å². The molecule has 1 aromatic rings. The quantitative estimate of drug-likeness (QED) is 0.546. The standard InChI is InChI=1S/C10H15NO.C2H6N2O.H2O/c1-8(11-2)10(12)9-6-4-3-5-7-9;3-1-2(4)5;/h3-8,10-12H,1-2H3;1,3H2,(H2,4,5);1H2/t8-,10+;;/m0../s1. The predicted molar refractivity (Wildman–Crippen MR) is 71.8 cm³/mol. The monoisotopic (exact) mass is 257 g/mol.